The van der Waals surface area contributed by atoms with Crippen LogP contribution >= 0.6 is 11.6 Å². The van der Waals surface area contributed by atoms with Gasteiger partial charge in [0.2, 0.25) is 15.9 Å². The van der Waals surface area contributed by atoms with Gasteiger partial charge in [-0.3, -0.25) is 4.79 Å². The summed E-state index contributed by atoms with van der Waals surface area (Å²) in [7, 11) is -3.82. The second-order valence-electron chi connectivity index (χ2n) is 5.56. The number of amides is 1. The van der Waals surface area contributed by atoms with Gasteiger partial charge in [0.1, 0.15) is 5.75 Å². The van der Waals surface area contributed by atoms with Crippen molar-refractivity contribution in [3.63, 3.8) is 0 Å². The van der Waals surface area contributed by atoms with Gasteiger partial charge in [0, 0.05) is 11.6 Å². The Morgan fingerprint density at radius 1 is 1.15 bits per heavy atom. The molecule has 140 valence electrons. The highest BCUT2D eigenvalue weighted by Gasteiger charge is 2.22. The molecule has 2 N–H and O–H groups in total. The molecule has 2 aromatic carbocycles. The molecule has 1 amide bonds. The van der Waals surface area contributed by atoms with Crippen LogP contribution in [0, 0.1) is 0 Å². The van der Waals surface area contributed by atoms with E-state index in [0.29, 0.717) is 17.4 Å². The molecule has 0 bridgehead atoms. The van der Waals surface area contributed by atoms with Crippen LogP contribution in [-0.2, 0) is 21.4 Å². The smallest absolute Gasteiger partial charge is 0.241 e. The van der Waals surface area contributed by atoms with Crippen LogP contribution in [0.1, 0.15) is 19.4 Å². The highest BCUT2D eigenvalue weighted by atomic mass is 35.5. The van der Waals surface area contributed by atoms with Gasteiger partial charge >= 0.3 is 0 Å². The number of rotatable bonds is 8. The summed E-state index contributed by atoms with van der Waals surface area (Å²) in [6.45, 7) is 4.03. The monoisotopic (exact) mass is 396 g/mol. The van der Waals surface area contributed by atoms with Crippen molar-refractivity contribution in [2.24, 2.45) is 0 Å². The van der Waals surface area contributed by atoms with Crippen LogP contribution in [-0.4, -0.2) is 27.0 Å². The van der Waals surface area contributed by atoms with Crippen LogP contribution in [0.3, 0.4) is 0 Å². The lowest BCUT2D eigenvalue weighted by molar-refractivity contribution is -0.122. The summed E-state index contributed by atoms with van der Waals surface area (Å²) in [6.07, 6.45) is 0. The van der Waals surface area contributed by atoms with Gasteiger partial charge < -0.3 is 10.1 Å². The Labute approximate surface area is 158 Å². The molecule has 2 aromatic rings. The number of halogens is 1. The molecule has 1 atom stereocenters. The lowest BCUT2D eigenvalue weighted by Crippen LogP contribution is -2.44. The van der Waals surface area contributed by atoms with Gasteiger partial charge in [-0.25, -0.2) is 8.42 Å². The molecule has 26 heavy (non-hydrogen) atoms. The molecular formula is C18H21ClN2O4S. The van der Waals surface area contributed by atoms with E-state index in [9.17, 15) is 13.2 Å². The van der Waals surface area contributed by atoms with Gasteiger partial charge in [-0.05, 0) is 49.7 Å². The number of carbonyl (C=O) groups excluding carboxylic acids is 1. The fourth-order valence-electron chi connectivity index (χ4n) is 2.21. The van der Waals surface area contributed by atoms with Crippen LogP contribution in [0.25, 0.3) is 0 Å². The molecule has 0 saturated carbocycles. The van der Waals surface area contributed by atoms with Gasteiger partial charge in [-0.2, -0.15) is 4.72 Å². The number of ether oxygens (including phenoxy) is 1. The summed E-state index contributed by atoms with van der Waals surface area (Å²) >= 11 is 6.04. The fraction of sp³-hybridized carbons (Fsp3) is 0.278. The Morgan fingerprint density at radius 2 is 1.81 bits per heavy atom. The molecule has 0 aliphatic carbocycles. The number of nitrogens with one attached hydrogen (secondary N) is 2. The molecule has 6 nitrogen and oxygen atoms in total. The van der Waals surface area contributed by atoms with E-state index < -0.39 is 22.0 Å². The average molecular weight is 397 g/mol. The molecule has 0 heterocycles. The topological polar surface area (TPSA) is 84.5 Å². The zero-order chi connectivity index (χ0) is 19.2. The Balaban J connectivity index is 1.97. The predicted molar refractivity (Wildman–Crippen MR) is 101 cm³/mol. The Bertz CT molecular complexity index is 854. The van der Waals surface area contributed by atoms with E-state index in [2.05, 4.69) is 10.0 Å². The third-order valence-electron chi connectivity index (χ3n) is 3.58. The molecule has 0 saturated heterocycles. The molecule has 2 rings (SSSR count). The molecular weight excluding hydrogens is 376 g/mol. The third-order valence-corrected chi connectivity index (χ3v) is 5.51. The first-order valence-corrected chi connectivity index (χ1v) is 9.96. The quantitative estimate of drug-likeness (QED) is 0.718. The van der Waals surface area contributed by atoms with Crippen LogP contribution in [0.5, 0.6) is 5.75 Å². The van der Waals surface area contributed by atoms with Crippen LogP contribution in [0.4, 0.5) is 0 Å². The number of hydrogen-bond acceptors (Lipinski definition) is 4. The number of benzene rings is 2. The molecule has 0 aliphatic rings. The van der Waals surface area contributed by atoms with Gasteiger partial charge in [-0.15, -0.1) is 0 Å². The van der Waals surface area contributed by atoms with E-state index in [1.165, 1.54) is 19.1 Å². The maximum absolute atomic E-state index is 12.4. The van der Waals surface area contributed by atoms with Gasteiger partial charge in [0.25, 0.3) is 0 Å². The fourth-order valence-corrected chi connectivity index (χ4v) is 3.62. The molecule has 0 fully saturated rings. The molecule has 0 aromatic heterocycles. The first-order chi connectivity index (χ1) is 12.3. The van der Waals surface area contributed by atoms with Gasteiger partial charge in [0.05, 0.1) is 17.5 Å². The number of hydrogen-bond donors (Lipinski definition) is 2. The van der Waals surface area contributed by atoms with Crippen molar-refractivity contribution in [2.45, 2.75) is 31.3 Å². The largest absolute Gasteiger partial charge is 0.494 e. The van der Waals surface area contributed by atoms with E-state index in [1.807, 2.05) is 13.0 Å². The average Bonchev–Trinajstić information content (AvgIpc) is 2.61. The van der Waals surface area contributed by atoms with E-state index >= 15 is 0 Å². The minimum absolute atomic E-state index is 0.0618. The number of carbonyl (C=O) groups is 1. The van der Waals surface area contributed by atoms with Crippen LogP contribution in [0.2, 0.25) is 5.02 Å². The summed E-state index contributed by atoms with van der Waals surface area (Å²) < 4.78 is 32.4. The summed E-state index contributed by atoms with van der Waals surface area (Å²) in [5, 5.41) is 3.21. The lowest BCUT2D eigenvalue weighted by Gasteiger charge is -2.15. The van der Waals surface area contributed by atoms with E-state index in [4.69, 9.17) is 16.3 Å². The predicted octanol–water partition coefficient (Wildman–Crippen LogP) is 2.72. The third kappa shape index (κ3) is 5.45. The highest BCUT2D eigenvalue weighted by Crippen LogP contribution is 2.16. The lowest BCUT2D eigenvalue weighted by atomic mass is 10.2. The van der Waals surface area contributed by atoms with Crippen molar-refractivity contribution >= 4 is 27.5 Å². The Morgan fingerprint density at radius 3 is 2.42 bits per heavy atom. The summed E-state index contributed by atoms with van der Waals surface area (Å²) in [6, 6.07) is 12.2. The summed E-state index contributed by atoms with van der Waals surface area (Å²) in [5.41, 5.74) is 0.754. The Hall–Kier alpha value is -2.09. The second-order valence-corrected chi connectivity index (χ2v) is 7.68. The Kier molecular flexibility index (Phi) is 7.02. The maximum atomic E-state index is 12.4. The maximum Gasteiger partial charge on any atom is 0.241 e. The van der Waals surface area contributed by atoms with Crippen molar-refractivity contribution in [3.05, 3.63) is 59.1 Å². The molecule has 0 aliphatic heterocycles. The summed E-state index contributed by atoms with van der Waals surface area (Å²) in [5.74, 6) is 0.136. The second kappa shape index (κ2) is 9.02. The van der Waals surface area contributed by atoms with E-state index in [0.717, 1.165) is 5.56 Å². The van der Waals surface area contributed by atoms with Crippen LogP contribution < -0.4 is 14.8 Å². The van der Waals surface area contributed by atoms with Gasteiger partial charge in [0.15, 0.2) is 0 Å². The molecule has 8 heteroatoms. The normalized spacial score (nSPS) is 12.4. The number of sulfonamides is 1. The van der Waals surface area contributed by atoms with Crippen molar-refractivity contribution in [2.75, 3.05) is 6.61 Å². The molecule has 0 radical (unpaired) electrons. The van der Waals surface area contributed by atoms with Crippen molar-refractivity contribution in [3.8, 4) is 5.75 Å². The minimum Gasteiger partial charge on any atom is -0.494 e. The van der Waals surface area contributed by atoms with E-state index in [-0.39, 0.29) is 11.4 Å². The SMILES string of the molecule is CCOc1ccc(S(=O)(=O)N[C@H](C)C(=O)NCc2ccccc2Cl)cc1. The van der Waals surface area contributed by atoms with Crippen molar-refractivity contribution in [1.82, 2.24) is 10.0 Å². The van der Waals surface area contributed by atoms with Gasteiger partial charge in [-0.1, -0.05) is 29.8 Å². The van der Waals surface area contributed by atoms with E-state index in [1.54, 1.807) is 30.3 Å². The molecule has 0 unspecified atom stereocenters. The summed E-state index contributed by atoms with van der Waals surface area (Å²) in [4.78, 5) is 12.2. The standard InChI is InChI=1S/C18H21ClN2O4S/c1-3-25-15-8-10-16(11-9-15)26(23,24)21-13(2)18(22)20-12-14-6-4-5-7-17(14)19/h4-11,13,21H,3,12H2,1-2H3,(H,20,22)/t13-/m1/s1. The zero-order valence-corrected chi connectivity index (χ0v) is 16.1. The first-order valence-electron chi connectivity index (χ1n) is 8.10. The first kappa shape index (κ1) is 20.2. The molecule has 0 spiro atoms. The van der Waals surface area contributed by atoms with Crippen molar-refractivity contribution < 1.29 is 17.9 Å². The zero-order valence-electron chi connectivity index (χ0n) is 14.5. The van der Waals surface area contributed by atoms with Crippen LogP contribution in [0.15, 0.2) is 53.4 Å². The van der Waals surface area contributed by atoms with Crippen molar-refractivity contribution in [1.29, 1.82) is 0 Å². The highest BCUT2D eigenvalue weighted by molar-refractivity contribution is 7.89. The minimum atomic E-state index is -3.82.